The number of nitrogens with zero attached hydrogens (tertiary/aromatic N) is 5. The molecule has 10 heteroatoms. The second kappa shape index (κ2) is 7.44. The largest absolute Gasteiger partial charge is 0.490 e. The van der Waals surface area contributed by atoms with E-state index in [0.717, 1.165) is 28.9 Å². The van der Waals surface area contributed by atoms with Crippen LogP contribution in [0.1, 0.15) is 26.5 Å². The second-order valence-corrected chi connectivity index (χ2v) is 8.91. The Hall–Kier alpha value is -3.30. The van der Waals surface area contributed by atoms with Crippen molar-refractivity contribution in [2.75, 3.05) is 31.6 Å². The van der Waals surface area contributed by atoms with E-state index in [1.54, 1.807) is 23.2 Å². The van der Waals surface area contributed by atoms with Crippen molar-refractivity contribution in [3.8, 4) is 16.9 Å². The van der Waals surface area contributed by atoms with Crippen molar-refractivity contribution in [3.05, 3.63) is 34.1 Å². The summed E-state index contributed by atoms with van der Waals surface area (Å²) in [6.45, 7) is 7.30. The first-order valence-electron chi connectivity index (χ1n) is 10.2. The fourth-order valence-electron chi connectivity index (χ4n) is 4.16. The quantitative estimate of drug-likeness (QED) is 0.546. The molecule has 0 aliphatic carbocycles. The summed E-state index contributed by atoms with van der Waals surface area (Å²) in [6, 6.07) is 3.38. The average molecular weight is 429 g/mol. The predicted molar refractivity (Wildman–Crippen MR) is 114 cm³/mol. The summed E-state index contributed by atoms with van der Waals surface area (Å²) in [6.07, 6.45) is 2.16. The molecule has 166 valence electrons. The van der Waals surface area contributed by atoms with E-state index in [1.807, 2.05) is 32.5 Å². The fraction of sp³-hybridized carbons (Fsp3) is 0.524. The van der Waals surface area contributed by atoms with E-state index in [9.17, 15) is 14.9 Å². The summed E-state index contributed by atoms with van der Waals surface area (Å²) in [4.78, 5) is 27.4. The Kier molecular flexibility index (Phi) is 5.03. The molecule has 0 bridgehead atoms. The maximum atomic E-state index is 12.4. The summed E-state index contributed by atoms with van der Waals surface area (Å²) in [7, 11) is 3.30. The number of rotatable bonds is 3. The highest BCUT2D eigenvalue weighted by Crippen LogP contribution is 2.44. The minimum atomic E-state index is -0.543. The zero-order valence-corrected chi connectivity index (χ0v) is 18.4. The third-order valence-corrected chi connectivity index (χ3v) is 5.70. The summed E-state index contributed by atoms with van der Waals surface area (Å²) in [5, 5.41) is 16.0. The van der Waals surface area contributed by atoms with Gasteiger partial charge in [0, 0.05) is 67.7 Å². The molecule has 1 saturated heterocycles. The van der Waals surface area contributed by atoms with E-state index >= 15 is 0 Å². The van der Waals surface area contributed by atoms with E-state index in [2.05, 4.69) is 10.00 Å². The summed E-state index contributed by atoms with van der Waals surface area (Å²) < 4.78 is 12.6. The van der Waals surface area contributed by atoms with Gasteiger partial charge < -0.3 is 19.3 Å². The van der Waals surface area contributed by atoms with Crippen LogP contribution < -0.4 is 9.64 Å². The number of hydrogen-bond donors (Lipinski definition) is 0. The maximum absolute atomic E-state index is 12.4. The van der Waals surface area contributed by atoms with Crippen LogP contribution in [0.5, 0.6) is 5.75 Å². The van der Waals surface area contributed by atoms with Gasteiger partial charge in [-0.15, -0.1) is 0 Å². The van der Waals surface area contributed by atoms with Crippen molar-refractivity contribution in [1.29, 1.82) is 0 Å². The van der Waals surface area contributed by atoms with E-state index in [1.165, 1.54) is 7.11 Å². The highest BCUT2D eigenvalue weighted by Gasteiger charge is 2.39. The number of carbonyl (C=O) groups excluding carboxylic acids is 1. The highest BCUT2D eigenvalue weighted by molar-refractivity contribution is 5.85. The Balaban J connectivity index is 1.68. The van der Waals surface area contributed by atoms with Gasteiger partial charge in [-0.05, 0) is 20.8 Å². The van der Waals surface area contributed by atoms with Gasteiger partial charge in [-0.3, -0.25) is 14.8 Å². The van der Waals surface area contributed by atoms with Gasteiger partial charge in [-0.2, -0.15) is 5.10 Å². The molecule has 1 fully saturated rings. The Morgan fingerprint density at radius 3 is 2.58 bits per heavy atom. The van der Waals surface area contributed by atoms with Crippen LogP contribution in [0, 0.1) is 10.1 Å². The Morgan fingerprint density at radius 2 is 1.97 bits per heavy atom. The van der Waals surface area contributed by atoms with E-state index < -0.39 is 10.5 Å². The minimum Gasteiger partial charge on any atom is -0.490 e. The fourth-order valence-corrected chi connectivity index (χ4v) is 4.16. The normalized spacial score (nSPS) is 16.2. The Labute approximate surface area is 180 Å². The Bertz CT molecular complexity index is 1040. The number of anilines is 1. The number of amides is 1. The lowest BCUT2D eigenvalue weighted by Crippen LogP contribution is -2.62. The number of fused-ring (bicyclic) bond motifs is 3. The molecule has 0 radical (unpaired) electrons. The summed E-state index contributed by atoms with van der Waals surface area (Å²) >= 11 is 0. The molecular formula is C21H27N5O5. The number of hydrogen-bond acceptors (Lipinski definition) is 7. The number of aryl methyl sites for hydroxylation is 1. The number of ether oxygens (including phenoxy) is 2. The third-order valence-electron chi connectivity index (χ3n) is 5.70. The van der Waals surface area contributed by atoms with Gasteiger partial charge >= 0.3 is 11.8 Å². The zero-order valence-electron chi connectivity index (χ0n) is 18.4. The lowest BCUT2D eigenvalue weighted by atomic mass is 10.0. The minimum absolute atomic E-state index is 0.0816. The van der Waals surface area contributed by atoms with Crippen LogP contribution >= 0.6 is 0 Å². The van der Waals surface area contributed by atoms with Gasteiger partial charge in [0.2, 0.25) is 0 Å². The van der Waals surface area contributed by atoms with Crippen molar-refractivity contribution < 1.29 is 19.2 Å². The molecule has 31 heavy (non-hydrogen) atoms. The van der Waals surface area contributed by atoms with Crippen molar-refractivity contribution in [2.45, 2.75) is 38.8 Å². The lowest BCUT2D eigenvalue weighted by molar-refractivity contribution is -0.385. The highest BCUT2D eigenvalue weighted by atomic mass is 16.6. The Morgan fingerprint density at radius 1 is 1.26 bits per heavy atom. The monoisotopic (exact) mass is 429 g/mol. The molecule has 0 unspecified atom stereocenters. The van der Waals surface area contributed by atoms with Crippen molar-refractivity contribution in [3.63, 3.8) is 0 Å². The molecule has 1 amide bonds. The second-order valence-electron chi connectivity index (χ2n) is 8.91. The number of likely N-dealkylation sites (tertiary alicyclic amines) is 1. The van der Waals surface area contributed by atoms with Crippen LogP contribution in [0.4, 0.5) is 16.2 Å². The number of nitro groups is 1. The van der Waals surface area contributed by atoms with E-state index in [-0.39, 0.29) is 23.6 Å². The topological polar surface area (TPSA) is 103 Å². The SMILES string of the molecule is COc1cc2c(cc1[N+](=O)[O-])-c1cnn(C)c1CCN2C1CN(C(=O)OC(C)(C)C)C1. The van der Waals surface area contributed by atoms with Crippen molar-refractivity contribution in [2.24, 2.45) is 7.05 Å². The molecule has 1 aromatic carbocycles. The molecule has 2 aliphatic heterocycles. The average Bonchev–Trinajstić information content (AvgIpc) is 2.92. The molecular weight excluding hydrogens is 402 g/mol. The number of nitro benzene ring substituents is 1. The maximum Gasteiger partial charge on any atom is 0.410 e. The van der Waals surface area contributed by atoms with Crippen LogP contribution in [0.25, 0.3) is 11.1 Å². The van der Waals surface area contributed by atoms with Gasteiger partial charge in [-0.1, -0.05) is 0 Å². The molecule has 1 aromatic heterocycles. The van der Waals surface area contributed by atoms with Crippen molar-refractivity contribution >= 4 is 17.5 Å². The van der Waals surface area contributed by atoms with E-state index in [0.29, 0.717) is 19.6 Å². The number of carbonyl (C=O) groups is 1. The number of methoxy groups -OCH3 is 1. The molecule has 4 rings (SSSR count). The van der Waals surface area contributed by atoms with Crippen molar-refractivity contribution in [1.82, 2.24) is 14.7 Å². The predicted octanol–water partition coefficient (Wildman–Crippen LogP) is 2.99. The van der Waals surface area contributed by atoms with Gasteiger partial charge in [0.25, 0.3) is 0 Å². The van der Waals surface area contributed by atoms with Gasteiger partial charge in [0.15, 0.2) is 5.75 Å². The number of benzene rings is 1. The molecule has 2 aliphatic rings. The van der Waals surface area contributed by atoms with Gasteiger partial charge in [0.1, 0.15) is 5.60 Å². The van der Waals surface area contributed by atoms with Crippen LogP contribution in [0.3, 0.4) is 0 Å². The van der Waals surface area contributed by atoms with Crippen LogP contribution in [0.2, 0.25) is 0 Å². The molecule has 10 nitrogen and oxygen atoms in total. The standard InChI is InChI=1S/C21H27N5O5/c1-21(2,3)31-20(27)24-11-13(12-24)25-7-6-16-15(10-22-23(16)4)14-8-18(26(28)29)19(30-5)9-17(14)25/h8-10,13H,6-7,11-12H2,1-5H3. The zero-order chi connectivity index (χ0) is 22.5. The molecule has 0 spiro atoms. The molecule has 0 N–H and O–H groups in total. The molecule has 3 heterocycles. The first-order valence-corrected chi connectivity index (χ1v) is 10.2. The van der Waals surface area contributed by atoms with Gasteiger partial charge in [0.05, 0.1) is 24.3 Å². The third kappa shape index (κ3) is 3.77. The van der Waals surface area contributed by atoms with Crippen LogP contribution in [-0.4, -0.2) is 64.1 Å². The molecule has 2 aromatic rings. The summed E-state index contributed by atoms with van der Waals surface area (Å²) in [5.74, 6) is 0.212. The first kappa shape index (κ1) is 21.0. The first-order chi connectivity index (χ1) is 14.6. The van der Waals surface area contributed by atoms with E-state index in [4.69, 9.17) is 9.47 Å². The molecule has 0 saturated carbocycles. The lowest BCUT2D eigenvalue weighted by Gasteiger charge is -2.46. The smallest absolute Gasteiger partial charge is 0.410 e. The number of aromatic nitrogens is 2. The summed E-state index contributed by atoms with van der Waals surface area (Å²) in [5.41, 5.74) is 2.88. The van der Waals surface area contributed by atoms with Crippen LogP contribution in [-0.2, 0) is 18.2 Å². The van der Waals surface area contributed by atoms with Crippen LogP contribution in [0.15, 0.2) is 18.3 Å². The molecule has 0 atom stereocenters. The van der Waals surface area contributed by atoms with Gasteiger partial charge in [-0.25, -0.2) is 4.79 Å².